The first-order valence-corrected chi connectivity index (χ1v) is 8.59. The molecule has 0 atom stereocenters. The van der Waals surface area contributed by atoms with E-state index in [0.29, 0.717) is 0 Å². The molecule has 1 aromatic carbocycles. The minimum absolute atomic E-state index is 0.0754. The van der Waals surface area contributed by atoms with Crippen LogP contribution in [0.25, 0.3) is 0 Å². The van der Waals surface area contributed by atoms with Crippen LogP contribution in [-0.4, -0.2) is 16.1 Å². The zero-order valence-corrected chi connectivity index (χ0v) is 14.1. The molecule has 0 fully saturated rings. The number of benzene rings is 1. The van der Waals surface area contributed by atoms with E-state index in [4.69, 9.17) is 5.11 Å². The molecule has 1 N–H and O–H groups in total. The number of hydrogen-bond acceptors (Lipinski definition) is 4. The monoisotopic (exact) mass is 321 g/mol. The third-order valence-electron chi connectivity index (χ3n) is 2.86. The van der Waals surface area contributed by atoms with Crippen LogP contribution in [0, 0.1) is 0 Å². The molecule has 3 nitrogen and oxygen atoms in total. The summed E-state index contributed by atoms with van der Waals surface area (Å²) in [5.74, 6) is 0.0396. The Hall–Kier alpha value is -1.33. The van der Waals surface area contributed by atoms with Crippen molar-refractivity contribution >= 4 is 29.1 Å². The van der Waals surface area contributed by atoms with Gasteiger partial charge >= 0.3 is 5.97 Å². The largest absolute Gasteiger partial charge is 0.481 e. The van der Waals surface area contributed by atoms with E-state index in [1.807, 2.05) is 24.3 Å². The van der Waals surface area contributed by atoms with Crippen LogP contribution in [0.1, 0.15) is 37.0 Å². The molecule has 21 heavy (non-hydrogen) atoms. The lowest BCUT2D eigenvalue weighted by molar-refractivity contribution is -0.136. The molecule has 0 bridgehead atoms. The summed E-state index contributed by atoms with van der Waals surface area (Å²) in [7, 11) is 0. The van der Waals surface area contributed by atoms with Gasteiger partial charge in [0.15, 0.2) is 0 Å². The molecule has 0 saturated heterocycles. The number of thiazole rings is 1. The van der Waals surface area contributed by atoms with Gasteiger partial charge < -0.3 is 5.11 Å². The second-order valence-corrected chi connectivity index (χ2v) is 7.80. The topological polar surface area (TPSA) is 50.2 Å². The summed E-state index contributed by atoms with van der Waals surface area (Å²) in [5, 5.41) is 12.0. The van der Waals surface area contributed by atoms with E-state index in [9.17, 15) is 4.79 Å². The first-order chi connectivity index (χ1) is 9.84. The number of aromatic nitrogens is 1. The highest BCUT2D eigenvalue weighted by Gasteiger charge is 2.17. The molecule has 112 valence electrons. The molecular weight excluding hydrogens is 302 g/mol. The minimum Gasteiger partial charge on any atom is -0.481 e. The second-order valence-electron chi connectivity index (χ2n) is 5.90. The molecule has 2 rings (SSSR count). The Kier molecular flexibility index (Phi) is 5.06. The van der Waals surface area contributed by atoms with Gasteiger partial charge in [-0.25, -0.2) is 4.98 Å². The zero-order valence-electron chi connectivity index (χ0n) is 12.4. The van der Waals surface area contributed by atoms with Gasteiger partial charge in [-0.2, -0.15) is 0 Å². The minimum atomic E-state index is -0.799. The molecule has 1 aromatic heterocycles. The number of rotatable bonds is 5. The lowest BCUT2D eigenvalue weighted by Gasteiger charge is -2.13. The van der Waals surface area contributed by atoms with Crippen molar-refractivity contribution in [2.75, 3.05) is 0 Å². The van der Waals surface area contributed by atoms with Gasteiger partial charge in [0.25, 0.3) is 0 Å². The Balaban J connectivity index is 1.94. The lowest BCUT2D eigenvalue weighted by Crippen LogP contribution is -2.10. The van der Waals surface area contributed by atoms with Crippen LogP contribution in [0.2, 0.25) is 0 Å². The fraction of sp³-hybridized carbons (Fsp3) is 0.375. The molecular formula is C16H19NO2S2. The van der Waals surface area contributed by atoms with E-state index in [1.54, 1.807) is 23.1 Å². The Bertz CT molecular complexity index is 612. The van der Waals surface area contributed by atoms with Crippen molar-refractivity contribution in [1.82, 2.24) is 4.98 Å². The SMILES string of the molecule is CC(C)(C)c1nc(CSc2ccc(CC(=O)O)cc2)cs1. The van der Waals surface area contributed by atoms with Crippen LogP contribution in [0.15, 0.2) is 34.5 Å². The third kappa shape index (κ3) is 4.86. The van der Waals surface area contributed by atoms with Crippen molar-refractivity contribution in [1.29, 1.82) is 0 Å². The van der Waals surface area contributed by atoms with E-state index in [-0.39, 0.29) is 11.8 Å². The summed E-state index contributed by atoms with van der Waals surface area (Å²) >= 11 is 3.43. The van der Waals surface area contributed by atoms with Crippen molar-refractivity contribution in [3.8, 4) is 0 Å². The first kappa shape index (κ1) is 16.0. The van der Waals surface area contributed by atoms with Gasteiger partial charge in [-0.05, 0) is 17.7 Å². The number of carboxylic acids is 1. The Labute approximate surface area is 133 Å². The van der Waals surface area contributed by atoms with Crippen molar-refractivity contribution in [2.45, 2.75) is 43.3 Å². The fourth-order valence-electron chi connectivity index (χ4n) is 1.75. The molecule has 2 aromatic rings. The molecule has 1 heterocycles. The first-order valence-electron chi connectivity index (χ1n) is 6.73. The van der Waals surface area contributed by atoms with E-state index < -0.39 is 5.97 Å². The zero-order chi connectivity index (χ0) is 15.5. The smallest absolute Gasteiger partial charge is 0.307 e. The van der Waals surface area contributed by atoms with Gasteiger partial charge in [0.1, 0.15) is 0 Å². The number of nitrogens with zero attached hydrogens (tertiary/aromatic N) is 1. The number of thioether (sulfide) groups is 1. The molecule has 5 heteroatoms. The summed E-state index contributed by atoms with van der Waals surface area (Å²) in [6.45, 7) is 6.51. The van der Waals surface area contributed by atoms with Gasteiger partial charge in [0.2, 0.25) is 0 Å². The standard InChI is InChI=1S/C16H19NO2S2/c1-16(2,3)15-17-12(10-21-15)9-20-13-6-4-11(5-7-13)8-14(18)19/h4-7,10H,8-9H2,1-3H3,(H,18,19). The number of carboxylic acid groups (broad SMARTS) is 1. The maximum atomic E-state index is 10.6. The predicted octanol–water partition coefficient (Wildman–Crippen LogP) is 4.36. The van der Waals surface area contributed by atoms with Gasteiger partial charge in [0, 0.05) is 21.4 Å². The highest BCUT2D eigenvalue weighted by molar-refractivity contribution is 7.98. The van der Waals surface area contributed by atoms with Crippen LogP contribution in [0.3, 0.4) is 0 Å². The average molecular weight is 321 g/mol. The highest BCUT2D eigenvalue weighted by Crippen LogP contribution is 2.29. The molecule has 0 amide bonds. The van der Waals surface area contributed by atoms with Gasteiger partial charge in [-0.15, -0.1) is 23.1 Å². The van der Waals surface area contributed by atoms with Crippen LogP contribution >= 0.6 is 23.1 Å². The summed E-state index contributed by atoms with van der Waals surface area (Å²) < 4.78 is 0. The van der Waals surface area contributed by atoms with Crippen LogP contribution in [0.4, 0.5) is 0 Å². The molecule has 0 aliphatic carbocycles. The normalized spacial score (nSPS) is 11.6. The van der Waals surface area contributed by atoms with E-state index in [0.717, 1.165) is 26.9 Å². The molecule has 0 saturated carbocycles. The fourth-order valence-corrected chi connectivity index (χ4v) is 3.56. The van der Waals surface area contributed by atoms with E-state index in [2.05, 4.69) is 31.1 Å². The lowest BCUT2D eigenvalue weighted by atomic mass is 9.98. The maximum Gasteiger partial charge on any atom is 0.307 e. The second kappa shape index (κ2) is 6.62. The summed E-state index contributed by atoms with van der Waals surface area (Å²) in [6.07, 6.45) is 0.0754. The Morgan fingerprint density at radius 2 is 1.95 bits per heavy atom. The average Bonchev–Trinajstić information content (AvgIpc) is 2.86. The van der Waals surface area contributed by atoms with Crippen molar-refractivity contribution in [3.05, 3.63) is 45.9 Å². The quantitative estimate of drug-likeness (QED) is 0.831. The van der Waals surface area contributed by atoms with Crippen LogP contribution in [0.5, 0.6) is 0 Å². The van der Waals surface area contributed by atoms with E-state index in [1.165, 1.54) is 0 Å². The molecule has 0 unspecified atom stereocenters. The number of carbonyl (C=O) groups is 1. The number of aliphatic carboxylic acids is 1. The summed E-state index contributed by atoms with van der Waals surface area (Å²) in [6, 6.07) is 7.69. The van der Waals surface area contributed by atoms with Gasteiger partial charge in [-0.1, -0.05) is 32.9 Å². The van der Waals surface area contributed by atoms with E-state index >= 15 is 0 Å². The maximum absolute atomic E-state index is 10.6. The Morgan fingerprint density at radius 3 is 2.48 bits per heavy atom. The Morgan fingerprint density at radius 1 is 1.29 bits per heavy atom. The highest BCUT2D eigenvalue weighted by atomic mass is 32.2. The molecule has 0 aliphatic heterocycles. The molecule has 0 spiro atoms. The van der Waals surface area contributed by atoms with Gasteiger partial charge in [0.05, 0.1) is 17.1 Å². The van der Waals surface area contributed by atoms with Crippen molar-refractivity contribution in [3.63, 3.8) is 0 Å². The van der Waals surface area contributed by atoms with Crippen LogP contribution in [-0.2, 0) is 22.4 Å². The summed E-state index contributed by atoms with van der Waals surface area (Å²) in [4.78, 5) is 16.4. The summed E-state index contributed by atoms with van der Waals surface area (Å²) in [5.41, 5.74) is 2.03. The predicted molar refractivity (Wildman–Crippen MR) is 88.2 cm³/mol. The molecule has 0 radical (unpaired) electrons. The van der Waals surface area contributed by atoms with Crippen molar-refractivity contribution in [2.24, 2.45) is 0 Å². The van der Waals surface area contributed by atoms with Crippen molar-refractivity contribution < 1.29 is 9.90 Å². The van der Waals surface area contributed by atoms with Crippen LogP contribution < -0.4 is 0 Å². The third-order valence-corrected chi connectivity index (χ3v) is 5.22. The van der Waals surface area contributed by atoms with Gasteiger partial charge in [-0.3, -0.25) is 4.79 Å². The molecule has 0 aliphatic rings. The number of hydrogen-bond donors (Lipinski definition) is 1.